The minimum absolute atomic E-state index is 0.166. The van der Waals surface area contributed by atoms with Crippen molar-refractivity contribution < 1.29 is 13.2 Å². The minimum Gasteiger partial charge on any atom is -0.312 e. The van der Waals surface area contributed by atoms with E-state index in [1.165, 1.54) is 0 Å². The smallest absolute Gasteiger partial charge is 0.312 e. The number of fused-ring (bicyclic) bond motifs is 1. The molecule has 0 amide bonds. The molecular formula is C22H28ClF3N4. The third-order valence-corrected chi connectivity index (χ3v) is 5.60. The maximum atomic E-state index is 13.9. The summed E-state index contributed by atoms with van der Waals surface area (Å²) in [6.45, 7) is 14.0. The molecule has 1 aliphatic heterocycles. The van der Waals surface area contributed by atoms with Crippen molar-refractivity contribution in [1.82, 2.24) is 14.5 Å². The van der Waals surface area contributed by atoms with Gasteiger partial charge in [0, 0.05) is 26.2 Å². The number of alkyl halides is 3. The predicted octanol–water partition coefficient (Wildman–Crippen LogP) is 6.11. The Kier molecular flexibility index (Phi) is 6.53. The average molecular weight is 441 g/mol. The van der Waals surface area contributed by atoms with Crippen LogP contribution in [-0.4, -0.2) is 34.1 Å². The van der Waals surface area contributed by atoms with E-state index < -0.39 is 11.9 Å². The molecule has 1 aromatic heterocycles. The summed E-state index contributed by atoms with van der Waals surface area (Å²) >= 11 is 6.52. The Hall–Kier alpha value is -1.99. The molecule has 0 saturated heterocycles. The molecule has 0 saturated carbocycles. The molecule has 164 valence electrons. The fraction of sp³-hybridized carbons (Fsp3) is 0.500. The van der Waals surface area contributed by atoms with Crippen LogP contribution in [0.4, 0.5) is 24.8 Å². The van der Waals surface area contributed by atoms with Gasteiger partial charge in [-0.1, -0.05) is 36.7 Å². The maximum absolute atomic E-state index is 13.9. The molecule has 2 heterocycles. The molecule has 0 unspecified atom stereocenters. The molecular weight excluding hydrogens is 413 g/mol. The molecule has 0 fully saturated rings. The Balaban J connectivity index is 2.13. The van der Waals surface area contributed by atoms with Gasteiger partial charge in [-0.15, -0.1) is 0 Å². The molecule has 0 radical (unpaired) electrons. The van der Waals surface area contributed by atoms with Crippen molar-refractivity contribution in [2.24, 2.45) is 0 Å². The zero-order chi connectivity index (χ0) is 22.2. The van der Waals surface area contributed by atoms with E-state index in [0.29, 0.717) is 43.6 Å². The minimum atomic E-state index is -4.53. The van der Waals surface area contributed by atoms with E-state index in [-0.39, 0.29) is 12.2 Å². The van der Waals surface area contributed by atoms with Crippen molar-refractivity contribution in [1.29, 1.82) is 0 Å². The molecule has 0 spiro atoms. The van der Waals surface area contributed by atoms with E-state index in [1.54, 1.807) is 4.57 Å². The largest absolute Gasteiger partial charge is 0.435 e. The molecule has 0 atom stereocenters. The van der Waals surface area contributed by atoms with E-state index in [0.717, 1.165) is 22.4 Å². The third kappa shape index (κ3) is 4.52. The first kappa shape index (κ1) is 22.7. The highest BCUT2D eigenvalue weighted by Crippen LogP contribution is 2.41. The highest BCUT2D eigenvalue weighted by molar-refractivity contribution is 6.33. The van der Waals surface area contributed by atoms with Crippen LogP contribution in [0.1, 0.15) is 42.8 Å². The van der Waals surface area contributed by atoms with Crippen LogP contribution in [0.2, 0.25) is 5.02 Å². The Morgan fingerprint density at radius 2 is 1.97 bits per heavy atom. The van der Waals surface area contributed by atoms with Crippen LogP contribution < -0.4 is 4.90 Å². The number of imidazole rings is 1. The second kappa shape index (κ2) is 8.63. The van der Waals surface area contributed by atoms with E-state index >= 15 is 0 Å². The number of benzene rings is 1. The molecule has 8 heteroatoms. The van der Waals surface area contributed by atoms with Crippen LogP contribution in [0.15, 0.2) is 24.3 Å². The van der Waals surface area contributed by atoms with Crippen LogP contribution >= 0.6 is 11.6 Å². The van der Waals surface area contributed by atoms with Gasteiger partial charge < -0.3 is 9.47 Å². The molecule has 4 nitrogen and oxygen atoms in total. The maximum Gasteiger partial charge on any atom is 0.435 e. The van der Waals surface area contributed by atoms with Gasteiger partial charge in [0.2, 0.25) is 5.95 Å². The highest BCUT2D eigenvalue weighted by atomic mass is 35.5. The first-order valence-electron chi connectivity index (χ1n) is 10.1. The fourth-order valence-corrected chi connectivity index (χ4v) is 4.55. The van der Waals surface area contributed by atoms with Crippen LogP contribution in [0.3, 0.4) is 0 Å². The van der Waals surface area contributed by atoms with Crippen LogP contribution in [-0.2, 0) is 19.3 Å². The standard InChI is InChI=1S/C22H28ClF3N4/c1-6-28(12-14(2)3)13-18-20(22(24,25)26)27-21-29(18)8-7-9-30(21)19-16(5)10-15(4)11-17(19)23/h10-11H,2,6-9,12-13H2,1,3-5H3. The number of hydrogen-bond acceptors (Lipinski definition) is 3. The second-order valence-corrected chi connectivity index (χ2v) is 8.44. The Labute approximate surface area is 180 Å². The Bertz CT molecular complexity index is 926. The van der Waals surface area contributed by atoms with Gasteiger partial charge in [0.05, 0.1) is 16.4 Å². The van der Waals surface area contributed by atoms with Crippen molar-refractivity contribution in [3.8, 4) is 0 Å². The summed E-state index contributed by atoms with van der Waals surface area (Å²) in [7, 11) is 0. The monoisotopic (exact) mass is 440 g/mol. The molecule has 0 aliphatic carbocycles. The lowest BCUT2D eigenvalue weighted by molar-refractivity contribution is -0.141. The van der Waals surface area contributed by atoms with E-state index in [1.807, 2.05) is 49.6 Å². The van der Waals surface area contributed by atoms with E-state index in [9.17, 15) is 13.2 Å². The zero-order valence-corrected chi connectivity index (χ0v) is 18.7. The zero-order valence-electron chi connectivity index (χ0n) is 17.9. The summed E-state index contributed by atoms with van der Waals surface area (Å²) in [5, 5.41) is 0.525. The lowest BCUT2D eigenvalue weighted by Crippen LogP contribution is -2.31. The normalized spacial score (nSPS) is 14.4. The average Bonchev–Trinajstić information content (AvgIpc) is 2.99. The number of anilines is 2. The van der Waals surface area contributed by atoms with Crippen molar-refractivity contribution in [3.05, 3.63) is 51.8 Å². The number of nitrogens with zero attached hydrogens (tertiary/aromatic N) is 4. The lowest BCUT2D eigenvalue weighted by atomic mass is 10.1. The molecule has 30 heavy (non-hydrogen) atoms. The molecule has 3 rings (SSSR count). The molecule has 0 bridgehead atoms. The summed E-state index contributed by atoms with van der Waals surface area (Å²) < 4.78 is 43.5. The number of aryl methyl sites for hydroxylation is 2. The number of aromatic nitrogens is 2. The fourth-order valence-electron chi connectivity index (χ4n) is 4.12. The third-order valence-electron chi connectivity index (χ3n) is 5.31. The first-order valence-corrected chi connectivity index (χ1v) is 10.5. The number of rotatable bonds is 6. The summed E-state index contributed by atoms with van der Waals surface area (Å²) in [6.07, 6.45) is -3.82. The van der Waals surface area contributed by atoms with Gasteiger partial charge in [0.1, 0.15) is 0 Å². The van der Waals surface area contributed by atoms with Crippen molar-refractivity contribution in [2.75, 3.05) is 24.5 Å². The van der Waals surface area contributed by atoms with Gasteiger partial charge in [-0.2, -0.15) is 13.2 Å². The molecule has 1 aromatic carbocycles. The number of likely N-dealkylation sites (N-methyl/N-ethyl adjacent to an activating group) is 1. The SMILES string of the molecule is C=C(C)CN(CC)Cc1c(C(F)(F)F)nc2n1CCCN2c1c(C)cc(C)cc1Cl. The Morgan fingerprint density at radius 3 is 2.53 bits per heavy atom. The van der Waals surface area contributed by atoms with E-state index in [4.69, 9.17) is 11.6 Å². The van der Waals surface area contributed by atoms with Crippen molar-refractivity contribution in [3.63, 3.8) is 0 Å². The van der Waals surface area contributed by atoms with Crippen LogP contribution in [0.25, 0.3) is 0 Å². The van der Waals surface area contributed by atoms with Crippen LogP contribution in [0, 0.1) is 13.8 Å². The quantitative estimate of drug-likeness (QED) is 0.506. The first-order chi connectivity index (χ1) is 14.0. The van der Waals surface area contributed by atoms with Crippen LogP contribution in [0.5, 0.6) is 0 Å². The highest BCUT2D eigenvalue weighted by Gasteiger charge is 2.41. The number of hydrogen-bond donors (Lipinski definition) is 0. The summed E-state index contributed by atoms with van der Waals surface area (Å²) in [6, 6.07) is 3.82. The summed E-state index contributed by atoms with van der Waals surface area (Å²) in [5.74, 6) is 0.309. The number of halogens is 4. The molecule has 0 N–H and O–H groups in total. The molecule has 2 aromatic rings. The van der Waals surface area contributed by atoms with Gasteiger partial charge in [-0.25, -0.2) is 4.98 Å². The predicted molar refractivity (Wildman–Crippen MR) is 116 cm³/mol. The van der Waals surface area contributed by atoms with Gasteiger partial charge >= 0.3 is 6.18 Å². The van der Waals surface area contributed by atoms with E-state index in [2.05, 4.69) is 11.6 Å². The topological polar surface area (TPSA) is 24.3 Å². The van der Waals surface area contributed by atoms with Crippen molar-refractivity contribution >= 4 is 23.2 Å². The van der Waals surface area contributed by atoms with Crippen molar-refractivity contribution in [2.45, 2.75) is 53.4 Å². The summed E-state index contributed by atoms with van der Waals surface area (Å²) in [5.41, 5.74) is 2.95. The molecule has 1 aliphatic rings. The van der Waals surface area contributed by atoms with Gasteiger partial charge in [0.25, 0.3) is 0 Å². The Morgan fingerprint density at radius 1 is 1.27 bits per heavy atom. The van der Waals surface area contributed by atoms with Gasteiger partial charge in [0.15, 0.2) is 5.69 Å². The summed E-state index contributed by atoms with van der Waals surface area (Å²) in [4.78, 5) is 7.88. The lowest BCUT2D eigenvalue weighted by Gasteiger charge is -2.32. The van der Waals surface area contributed by atoms with Gasteiger partial charge in [-0.05, 0) is 50.9 Å². The second-order valence-electron chi connectivity index (χ2n) is 8.03. The van der Waals surface area contributed by atoms with Gasteiger partial charge in [-0.3, -0.25) is 4.90 Å².